The van der Waals surface area contributed by atoms with Gasteiger partial charge in [-0.25, -0.2) is 0 Å². The van der Waals surface area contributed by atoms with E-state index in [2.05, 4.69) is 29.7 Å². The molecule has 0 aliphatic heterocycles. The minimum Gasteiger partial charge on any atom is -0.378 e. The van der Waals surface area contributed by atoms with Gasteiger partial charge in [-0.05, 0) is 17.7 Å². The second-order valence-corrected chi connectivity index (χ2v) is 3.79. The SMILES string of the molecule is C=C(Cl)Cc1cccc(N(C)C)c1. The Labute approximate surface area is 84.6 Å². The van der Waals surface area contributed by atoms with Crippen molar-refractivity contribution < 1.29 is 0 Å². The van der Waals surface area contributed by atoms with E-state index in [4.69, 9.17) is 11.6 Å². The van der Waals surface area contributed by atoms with Crippen LogP contribution in [0.2, 0.25) is 0 Å². The first-order valence-electron chi connectivity index (χ1n) is 4.19. The quantitative estimate of drug-likeness (QED) is 0.717. The molecule has 1 aromatic carbocycles. The molecule has 0 bridgehead atoms. The van der Waals surface area contributed by atoms with E-state index in [9.17, 15) is 0 Å². The molecule has 0 heterocycles. The minimum atomic E-state index is 0.677. The van der Waals surface area contributed by atoms with Crippen LogP contribution in [0.3, 0.4) is 0 Å². The van der Waals surface area contributed by atoms with Crippen molar-refractivity contribution in [1.82, 2.24) is 0 Å². The number of benzene rings is 1. The first-order chi connectivity index (χ1) is 6.09. The van der Waals surface area contributed by atoms with Gasteiger partial charge < -0.3 is 4.90 Å². The van der Waals surface area contributed by atoms with Crippen LogP contribution < -0.4 is 4.90 Å². The molecule has 2 heteroatoms. The summed E-state index contributed by atoms with van der Waals surface area (Å²) in [6.07, 6.45) is 0.739. The highest BCUT2D eigenvalue weighted by atomic mass is 35.5. The highest BCUT2D eigenvalue weighted by molar-refractivity contribution is 6.29. The van der Waals surface area contributed by atoms with Crippen molar-refractivity contribution in [1.29, 1.82) is 0 Å². The maximum atomic E-state index is 5.74. The van der Waals surface area contributed by atoms with Gasteiger partial charge in [-0.15, -0.1) is 0 Å². The number of hydrogen-bond acceptors (Lipinski definition) is 1. The molecule has 0 amide bonds. The van der Waals surface area contributed by atoms with E-state index >= 15 is 0 Å². The Balaban J connectivity index is 2.85. The van der Waals surface area contributed by atoms with E-state index in [1.54, 1.807) is 0 Å². The molecule has 0 radical (unpaired) electrons. The van der Waals surface area contributed by atoms with Crippen LogP contribution in [0, 0.1) is 0 Å². The maximum absolute atomic E-state index is 5.74. The van der Waals surface area contributed by atoms with Crippen LogP contribution in [0.5, 0.6) is 0 Å². The normalized spacial score (nSPS) is 9.77. The average molecular weight is 196 g/mol. The van der Waals surface area contributed by atoms with Crippen molar-refractivity contribution in [3.05, 3.63) is 41.4 Å². The molecule has 1 aromatic rings. The smallest absolute Gasteiger partial charge is 0.0363 e. The van der Waals surface area contributed by atoms with Crippen molar-refractivity contribution in [3.8, 4) is 0 Å². The molecule has 0 N–H and O–H groups in total. The second-order valence-electron chi connectivity index (χ2n) is 3.26. The van der Waals surface area contributed by atoms with Crippen molar-refractivity contribution in [2.24, 2.45) is 0 Å². The summed E-state index contributed by atoms with van der Waals surface area (Å²) < 4.78 is 0. The minimum absolute atomic E-state index is 0.677. The number of hydrogen-bond donors (Lipinski definition) is 0. The monoisotopic (exact) mass is 195 g/mol. The molecule has 0 atom stereocenters. The molecular weight excluding hydrogens is 182 g/mol. The van der Waals surface area contributed by atoms with Gasteiger partial charge in [0.25, 0.3) is 0 Å². The second kappa shape index (κ2) is 4.33. The summed E-state index contributed by atoms with van der Waals surface area (Å²) in [5.74, 6) is 0. The molecule has 70 valence electrons. The van der Waals surface area contributed by atoms with E-state index in [0.29, 0.717) is 5.03 Å². The number of allylic oxidation sites excluding steroid dienone is 1. The summed E-state index contributed by atoms with van der Waals surface area (Å²) in [4.78, 5) is 2.07. The van der Waals surface area contributed by atoms with Crippen LogP contribution in [0.25, 0.3) is 0 Å². The predicted octanol–water partition coefficient (Wildman–Crippen LogP) is 3.05. The van der Waals surface area contributed by atoms with Crippen LogP contribution in [0.4, 0.5) is 5.69 Å². The number of anilines is 1. The molecule has 0 aliphatic rings. The Morgan fingerprint density at radius 1 is 1.46 bits per heavy atom. The number of halogens is 1. The zero-order valence-corrected chi connectivity index (χ0v) is 8.80. The first-order valence-corrected chi connectivity index (χ1v) is 4.57. The summed E-state index contributed by atoms with van der Waals surface area (Å²) >= 11 is 5.74. The van der Waals surface area contributed by atoms with E-state index in [-0.39, 0.29) is 0 Å². The molecule has 0 saturated carbocycles. The molecular formula is C11H14ClN. The maximum Gasteiger partial charge on any atom is 0.0363 e. The fraction of sp³-hybridized carbons (Fsp3) is 0.273. The largest absolute Gasteiger partial charge is 0.378 e. The fourth-order valence-electron chi connectivity index (χ4n) is 1.17. The molecule has 0 aliphatic carbocycles. The molecule has 13 heavy (non-hydrogen) atoms. The van der Waals surface area contributed by atoms with Crippen molar-refractivity contribution >= 4 is 17.3 Å². The number of nitrogens with zero attached hydrogens (tertiary/aromatic N) is 1. The van der Waals surface area contributed by atoms with Gasteiger partial charge >= 0.3 is 0 Å². The lowest BCUT2D eigenvalue weighted by Gasteiger charge is -2.13. The van der Waals surface area contributed by atoms with Crippen LogP contribution in [0.15, 0.2) is 35.9 Å². The zero-order valence-electron chi connectivity index (χ0n) is 8.05. The molecule has 0 aromatic heterocycles. The highest BCUT2D eigenvalue weighted by Gasteiger charge is 1.98. The van der Waals surface area contributed by atoms with Crippen LogP contribution >= 0.6 is 11.6 Å². The summed E-state index contributed by atoms with van der Waals surface area (Å²) in [5, 5.41) is 0.677. The third-order valence-electron chi connectivity index (χ3n) is 1.82. The Morgan fingerprint density at radius 3 is 2.69 bits per heavy atom. The Morgan fingerprint density at radius 2 is 2.15 bits per heavy atom. The third-order valence-corrected chi connectivity index (χ3v) is 1.96. The molecule has 1 nitrogen and oxygen atoms in total. The third kappa shape index (κ3) is 3.11. The lowest BCUT2D eigenvalue weighted by molar-refractivity contribution is 1.12. The van der Waals surface area contributed by atoms with Crippen molar-refractivity contribution in [3.63, 3.8) is 0 Å². The van der Waals surface area contributed by atoms with Crippen LogP contribution in [-0.4, -0.2) is 14.1 Å². The molecule has 1 rings (SSSR count). The fourth-order valence-corrected chi connectivity index (χ4v) is 1.32. The zero-order chi connectivity index (χ0) is 9.84. The highest BCUT2D eigenvalue weighted by Crippen LogP contribution is 2.16. The summed E-state index contributed by atoms with van der Waals surface area (Å²) in [6, 6.07) is 8.28. The van der Waals surface area contributed by atoms with Crippen molar-refractivity contribution in [2.75, 3.05) is 19.0 Å². The van der Waals surface area contributed by atoms with Gasteiger partial charge in [-0.2, -0.15) is 0 Å². The van der Waals surface area contributed by atoms with Crippen LogP contribution in [0.1, 0.15) is 5.56 Å². The topological polar surface area (TPSA) is 3.24 Å². The van der Waals surface area contributed by atoms with E-state index in [1.807, 2.05) is 20.2 Å². The Kier molecular flexibility index (Phi) is 3.38. The van der Waals surface area contributed by atoms with E-state index in [0.717, 1.165) is 6.42 Å². The lowest BCUT2D eigenvalue weighted by Crippen LogP contribution is -2.08. The first kappa shape index (κ1) is 10.1. The van der Waals surface area contributed by atoms with E-state index < -0.39 is 0 Å². The Hall–Kier alpha value is -0.950. The van der Waals surface area contributed by atoms with Gasteiger partial charge in [0.05, 0.1) is 0 Å². The number of rotatable bonds is 3. The predicted molar refractivity (Wildman–Crippen MR) is 59.5 cm³/mol. The molecule has 0 unspecified atom stereocenters. The van der Waals surface area contributed by atoms with Gasteiger partial charge in [0, 0.05) is 31.2 Å². The molecule has 0 spiro atoms. The van der Waals surface area contributed by atoms with Gasteiger partial charge in [0.1, 0.15) is 0 Å². The van der Waals surface area contributed by atoms with Crippen molar-refractivity contribution in [2.45, 2.75) is 6.42 Å². The van der Waals surface area contributed by atoms with Gasteiger partial charge in [0.15, 0.2) is 0 Å². The van der Waals surface area contributed by atoms with Crippen LogP contribution in [-0.2, 0) is 6.42 Å². The summed E-state index contributed by atoms with van der Waals surface area (Å²) in [6.45, 7) is 3.68. The van der Waals surface area contributed by atoms with Gasteiger partial charge in [-0.1, -0.05) is 30.3 Å². The van der Waals surface area contributed by atoms with Gasteiger partial charge in [-0.3, -0.25) is 0 Å². The Bertz CT molecular complexity index is 305. The summed E-state index contributed by atoms with van der Waals surface area (Å²) in [7, 11) is 4.04. The van der Waals surface area contributed by atoms with Gasteiger partial charge in [0.2, 0.25) is 0 Å². The lowest BCUT2D eigenvalue weighted by atomic mass is 10.1. The van der Waals surface area contributed by atoms with E-state index in [1.165, 1.54) is 11.3 Å². The summed E-state index contributed by atoms with van der Waals surface area (Å²) in [5.41, 5.74) is 2.39. The molecule has 0 saturated heterocycles. The average Bonchev–Trinajstić information content (AvgIpc) is 2.03. The molecule has 0 fully saturated rings. The standard InChI is InChI=1S/C11H14ClN/c1-9(12)7-10-5-4-6-11(8-10)13(2)3/h4-6,8H,1,7H2,2-3H3.